The van der Waals surface area contributed by atoms with Crippen LogP contribution in [0.3, 0.4) is 0 Å². The summed E-state index contributed by atoms with van der Waals surface area (Å²) in [5, 5.41) is 7.53. The topological polar surface area (TPSA) is 46.9 Å². The van der Waals surface area contributed by atoms with E-state index in [1.807, 2.05) is 0 Å². The summed E-state index contributed by atoms with van der Waals surface area (Å²) in [6.45, 7) is 6.47. The first-order valence-electron chi connectivity index (χ1n) is 7.51. The van der Waals surface area contributed by atoms with E-state index in [1.165, 1.54) is 15.8 Å². The number of nitrogens with zero attached hydrogens (tertiary/aromatic N) is 2. The highest BCUT2D eigenvalue weighted by molar-refractivity contribution is 9.10. The number of aromatic nitrogens is 2. The maximum atomic E-state index is 12.0. The van der Waals surface area contributed by atoms with Crippen molar-refractivity contribution in [3.63, 3.8) is 0 Å². The molecule has 0 saturated carbocycles. The monoisotopic (exact) mass is 363 g/mol. The number of nitrogens with one attached hydrogen (secondary N) is 1. The molecule has 0 aliphatic heterocycles. The van der Waals surface area contributed by atoms with E-state index < -0.39 is 0 Å². The van der Waals surface area contributed by atoms with E-state index in [-0.39, 0.29) is 11.6 Å². The molecule has 0 amide bonds. The molecule has 1 unspecified atom stereocenters. The lowest BCUT2D eigenvalue weighted by Crippen LogP contribution is -2.24. The Morgan fingerprint density at radius 3 is 2.45 bits per heavy atom. The summed E-state index contributed by atoms with van der Waals surface area (Å²) in [4.78, 5) is 12.0. The summed E-state index contributed by atoms with van der Waals surface area (Å²) in [5.74, 6) is 0.378. The van der Waals surface area contributed by atoms with Crippen molar-refractivity contribution in [2.24, 2.45) is 13.0 Å². The van der Waals surface area contributed by atoms with Crippen molar-refractivity contribution in [2.45, 2.75) is 33.2 Å². The second kappa shape index (κ2) is 7.09. The zero-order chi connectivity index (χ0) is 16.3. The minimum Gasteiger partial charge on any atom is -0.376 e. The van der Waals surface area contributed by atoms with Crippen LogP contribution in [0.25, 0.3) is 0 Å². The van der Waals surface area contributed by atoms with Gasteiger partial charge in [0.15, 0.2) is 0 Å². The van der Waals surface area contributed by atoms with E-state index in [1.54, 1.807) is 13.2 Å². The lowest BCUT2D eigenvalue weighted by atomic mass is 9.94. The van der Waals surface area contributed by atoms with Gasteiger partial charge in [-0.2, -0.15) is 5.10 Å². The normalized spacial score (nSPS) is 12.5. The molecular weight excluding hydrogens is 342 g/mol. The quantitative estimate of drug-likeness (QED) is 0.875. The summed E-state index contributed by atoms with van der Waals surface area (Å²) < 4.78 is 1.83. The first-order valence-corrected chi connectivity index (χ1v) is 8.30. The predicted octanol–water partition coefficient (Wildman–Crippen LogP) is 3.91. The van der Waals surface area contributed by atoms with Gasteiger partial charge < -0.3 is 5.32 Å². The number of rotatable bonds is 5. The van der Waals surface area contributed by atoms with E-state index in [0.29, 0.717) is 10.4 Å². The molecule has 1 aromatic carbocycles. The van der Waals surface area contributed by atoms with Crippen LogP contribution in [-0.4, -0.2) is 9.78 Å². The van der Waals surface area contributed by atoms with Crippen LogP contribution < -0.4 is 10.9 Å². The molecule has 4 nitrogen and oxygen atoms in total. The molecule has 0 radical (unpaired) electrons. The van der Waals surface area contributed by atoms with Gasteiger partial charge in [-0.25, -0.2) is 4.68 Å². The van der Waals surface area contributed by atoms with Crippen LogP contribution in [0.1, 0.15) is 37.9 Å². The second-order valence-electron chi connectivity index (χ2n) is 5.76. The largest absolute Gasteiger partial charge is 0.376 e. The molecule has 1 N–H and O–H groups in total. The van der Waals surface area contributed by atoms with Crippen molar-refractivity contribution in [2.75, 3.05) is 5.32 Å². The van der Waals surface area contributed by atoms with Crippen molar-refractivity contribution in [1.82, 2.24) is 9.78 Å². The highest BCUT2D eigenvalue weighted by Crippen LogP contribution is 2.29. The fourth-order valence-electron chi connectivity index (χ4n) is 2.37. The van der Waals surface area contributed by atoms with E-state index >= 15 is 0 Å². The second-order valence-corrected chi connectivity index (χ2v) is 6.56. The average Bonchev–Trinajstić information content (AvgIpc) is 2.52. The summed E-state index contributed by atoms with van der Waals surface area (Å²) >= 11 is 3.37. The highest BCUT2D eigenvalue weighted by Gasteiger charge is 2.18. The lowest BCUT2D eigenvalue weighted by molar-refractivity contribution is 0.545. The lowest BCUT2D eigenvalue weighted by Gasteiger charge is -2.24. The smallest absolute Gasteiger partial charge is 0.282 e. The van der Waals surface area contributed by atoms with E-state index in [0.717, 1.165) is 12.1 Å². The molecule has 0 spiro atoms. The Hall–Kier alpha value is -1.62. The maximum absolute atomic E-state index is 12.0. The maximum Gasteiger partial charge on any atom is 0.282 e. The summed E-state index contributed by atoms with van der Waals surface area (Å²) in [6, 6.07) is 8.74. The number of anilines is 1. The number of hydrogen-bond acceptors (Lipinski definition) is 3. The van der Waals surface area contributed by atoms with Gasteiger partial charge in [0.25, 0.3) is 5.56 Å². The van der Waals surface area contributed by atoms with Crippen LogP contribution in [0.4, 0.5) is 5.69 Å². The van der Waals surface area contributed by atoms with Crippen molar-refractivity contribution >= 4 is 21.6 Å². The van der Waals surface area contributed by atoms with Crippen LogP contribution in [0.2, 0.25) is 0 Å². The van der Waals surface area contributed by atoms with E-state index in [9.17, 15) is 4.79 Å². The zero-order valence-corrected chi connectivity index (χ0v) is 15.0. The Morgan fingerprint density at radius 1 is 1.27 bits per heavy atom. The number of aryl methyl sites for hydroxylation is 2. The molecule has 1 heterocycles. The van der Waals surface area contributed by atoms with Gasteiger partial charge >= 0.3 is 0 Å². The molecule has 0 aliphatic rings. The summed E-state index contributed by atoms with van der Waals surface area (Å²) in [5.41, 5.74) is 3.11. The molecule has 1 atom stereocenters. The van der Waals surface area contributed by atoms with Gasteiger partial charge in [0.1, 0.15) is 4.47 Å². The molecule has 2 rings (SSSR count). The Bertz CT molecular complexity index is 692. The van der Waals surface area contributed by atoms with Crippen molar-refractivity contribution in [3.8, 4) is 0 Å². The van der Waals surface area contributed by atoms with Crippen molar-refractivity contribution in [1.29, 1.82) is 0 Å². The fourth-order valence-corrected chi connectivity index (χ4v) is 2.85. The number of benzene rings is 1. The minimum atomic E-state index is -0.145. The van der Waals surface area contributed by atoms with Gasteiger partial charge in [-0.05, 0) is 39.4 Å². The molecule has 0 aliphatic carbocycles. The van der Waals surface area contributed by atoms with Gasteiger partial charge in [-0.1, -0.05) is 45.0 Å². The predicted molar refractivity (Wildman–Crippen MR) is 94.2 cm³/mol. The van der Waals surface area contributed by atoms with Crippen LogP contribution in [0.15, 0.2) is 39.7 Å². The van der Waals surface area contributed by atoms with Gasteiger partial charge in [-0.3, -0.25) is 4.79 Å². The molecule has 5 heteroatoms. The molecule has 0 fully saturated rings. The highest BCUT2D eigenvalue weighted by atomic mass is 79.9. The van der Waals surface area contributed by atoms with Crippen molar-refractivity contribution in [3.05, 3.63) is 56.4 Å². The zero-order valence-electron chi connectivity index (χ0n) is 13.4. The number of hydrogen-bond donors (Lipinski definition) is 1. The molecule has 2 aromatic rings. The van der Waals surface area contributed by atoms with Crippen LogP contribution in [-0.2, 0) is 13.5 Å². The molecule has 0 bridgehead atoms. The molecule has 118 valence electrons. The fraction of sp³-hybridized carbons (Fsp3) is 0.412. The first-order chi connectivity index (χ1) is 10.4. The third-order valence-corrected chi connectivity index (χ3v) is 4.57. The molecule has 22 heavy (non-hydrogen) atoms. The summed E-state index contributed by atoms with van der Waals surface area (Å²) in [7, 11) is 1.64. The average molecular weight is 364 g/mol. The van der Waals surface area contributed by atoms with Crippen molar-refractivity contribution < 1.29 is 0 Å². The molecule has 0 saturated heterocycles. The Balaban J connectivity index is 2.33. The van der Waals surface area contributed by atoms with Crippen LogP contribution >= 0.6 is 15.9 Å². The third-order valence-electron chi connectivity index (χ3n) is 3.80. The Labute approximate surface area is 139 Å². The van der Waals surface area contributed by atoms with Crippen LogP contribution in [0.5, 0.6) is 0 Å². The first kappa shape index (κ1) is 16.7. The van der Waals surface area contributed by atoms with Gasteiger partial charge in [0, 0.05) is 7.05 Å². The van der Waals surface area contributed by atoms with Gasteiger partial charge in [-0.15, -0.1) is 0 Å². The SMILES string of the molecule is CCc1ccc(C(Nc2cnn(C)c(=O)c2Br)C(C)C)cc1. The Morgan fingerprint density at radius 2 is 1.91 bits per heavy atom. The summed E-state index contributed by atoms with van der Waals surface area (Å²) in [6.07, 6.45) is 2.71. The third kappa shape index (κ3) is 3.58. The Kier molecular flexibility index (Phi) is 5.40. The van der Waals surface area contributed by atoms with E-state index in [4.69, 9.17) is 0 Å². The molecule has 1 aromatic heterocycles. The number of halogens is 1. The van der Waals surface area contributed by atoms with Gasteiger partial charge in [0.05, 0.1) is 17.9 Å². The van der Waals surface area contributed by atoms with Gasteiger partial charge in [0.2, 0.25) is 0 Å². The minimum absolute atomic E-state index is 0.121. The molecular formula is C17H22BrN3O. The van der Waals surface area contributed by atoms with Crippen LogP contribution in [0, 0.1) is 5.92 Å². The standard InChI is InChI=1S/C17H22BrN3O/c1-5-12-6-8-13(9-7-12)16(11(2)3)20-14-10-19-21(4)17(22)15(14)18/h6-11,16,20H,5H2,1-4H3. The van der Waals surface area contributed by atoms with E-state index in [2.05, 4.69) is 71.4 Å².